The highest BCUT2D eigenvalue weighted by Gasteiger charge is 2.21. The summed E-state index contributed by atoms with van der Waals surface area (Å²) in [6, 6.07) is 11.2. The number of H-pyrrole nitrogens is 1. The number of nitrogens with one attached hydrogen (secondary N) is 1. The van der Waals surface area contributed by atoms with E-state index in [-0.39, 0.29) is 23.1 Å². The first-order valence-corrected chi connectivity index (χ1v) is 8.52. The molecule has 0 radical (unpaired) electrons. The normalized spacial score (nSPS) is 12.2. The van der Waals surface area contributed by atoms with Gasteiger partial charge in [-0.2, -0.15) is 0 Å². The van der Waals surface area contributed by atoms with Crippen LogP contribution in [-0.4, -0.2) is 22.8 Å². The minimum absolute atomic E-state index is 0.171. The number of aromatic amines is 1. The van der Waals surface area contributed by atoms with Crippen molar-refractivity contribution in [2.75, 3.05) is 7.05 Å². The van der Waals surface area contributed by atoms with Crippen molar-refractivity contribution in [2.24, 2.45) is 0 Å². The lowest BCUT2D eigenvalue weighted by molar-refractivity contribution is 0.0743. The molecule has 1 N–H and O–H groups in total. The zero-order valence-corrected chi connectivity index (χ0v) is 15.3. The summed E-state index contributed by atoms with van der Waals surface area (Å²) in [4.78, 5) is 28.9. The molecule has 4 nitrogen and oxygen atoms in total. The van der Waals surface area contributed by atoms with Gasteiger partial charge in [0, 0.05) is 24.2 Å². The van der Waals surface area contributed by atoms with Crippen LogP contribution in [0.5, 0.6) is 0 Å². The average molecular weight is 403 g/mol. The van der Waals surface area contributed by atoms with Gasteiger partial charge in [0.05, 0.1) is 10.5 Å². The second-order valence-corrected chi connectivity index (χ2v) is 6.69. The maximum atomic E-state index is 13.7. The van der Waals surface area contributed by atoms with Gasteiger partial charge in [0.1, 0.15) is 5.82 Å². The quantitative estimate of drug-likeness (QED) is 0.711. The number of fused-ring (bicyclic) bond motifs is 1. The van der Waals surface area contributed by atoms with Crippen LogP contribution in [0.15, 0.2) is 57.9 Å². The molecule has 3 aromatic rings. The van der Waals surface area contributed by atoms with Gasteiger partial charge in [0.2, 0.25) is 0 Å². The Balaban J connectivity index is 1.99. The second kappa shape index (κ2) is 6.80. The number of rotatable bonds is 3. The minimum atomic E-state index is -0.485. The minimum Gasteiger partial charge on any atom is -0.335 e. The van der Waals surface area contributed by atoms with Gasteiger partial charge < -0.3 is 9.88 Å². The van der Waals surface area contributed by atoms with E-state index >= 15 is 0 Å². The van der Waals surface area contributed by atoms with Crippen LogP contribution >= 0.6 is 15.9 Å². The lowest BCUT2D eigenvalue weighted by atomic mass is 10.0. The lowest BCUT2D eigenvalue weighted by Crippen LogP contribution is -2.30. The first-order chi connectivity index (χ1) is 11.9. The average Bonchev–Trinajstić information content (AvgIpc) is 2.63. The molecule has 1 aromatic heterocycles. The number of aromatic nitrogens is 1. The van der Waals surface area contributed by atoms with Crippen molar-refractivity contribution < 1.29 is 9.18 Å². The first-order valence-electron chi connectivity index (χ1n) is 7.72. The largest absolute Gasteiger partial charge is 0.335 e. The van der Waals surface area contributed by atoms with E-state index in [0.717, 1.165) is 10.9 Å². The molecule has 0 saturated carbocycles. The van der Waals surface area contributed by atoms with E-state index in [4.69, 9.17) is 0 Å². The first kappa shape index (κ1) is 17.4. The molecule has 0 spiro atoms. The van der Waals surface area contributed by atoms with Crippen molar-refractivity contribution in [3.05, 3.63) is 80.4 Å². The van der Waals surface area contributed by atoms with Gasteiger partial charge in [-0.1, -0.05) is 18.2 Å². The topological polar surface area (TPSA) is 53.2 Å². The fraction of sp³-hybridized carbons (Fsp3) is 0.158. The number of nitrogens with zero attached hydrogens (tertiary/aromatic N) is 1. The molecule has 0 aliphatic carbocycles. The van der Waals surface area contributed by atoms with Crippen LogP contribution in [0.2, 0.25) is 0 Å². The van der Waals surface area contributed by atoms with Gasteiger partial charge in [-0.25, -0.2) is 4.39 Å². The molecule has 128 valence electrons. The smallest absolute Gasteiger partial charge is 0.255 e. The summed E-state index contributed by atoms with van der Waals surface area (Å²) in [6.07, 6.45) is 1.63. The summed E-state index contributed by atoms with van der Waals surface area (Å²) in [7, 11) is 1.66. The molecular formula is C19H16BrFN2O2. The second-order valence-electron chi connectivity index (χ2n) is 5.84. The monoisotopic (exact) mass is 402 g/mol. The highest BCUT2D eigenvalue weighted by atomic mass is 79.9. The number of amides is 1. The number of benzene rings is 2. The molecule has 2 aromatic carbocycles. The number of hydrogen-bond acceptors (Lipinski definition) is 2. The molecule has 25 heavy (non-hydrogen) atoms. The van der Waals surface area contributed by atoms with Crippen molar-refractivity contribution in [2.45, 2.75) is 13.0 Å². The van der Waals surface area contributed by atoms with Gasteiger partial charge in [-0.3, -0.25) is 9.59 Å². The molecule has 0 fully saturated rings. The van der Waals surface area contributed by atoms with Gasteiger partial charge in [0.25, 0.3) is 11.5 Å². The molecule has 1 amide bonds. The Bertz CT molecular complexity index is 1020. The Hall–Kier alpha value is -2.47. The van der Waals surface area contributed by atoms with E-state index < -0.39 is 5.82 Å². The molecule has 1 atom stereocenters. The van der Waals surface area contributed by atoms with Gasteiger partial charge in [-0.05, 0) is 58.1 Å². The number of pyridine rings is 1. The molecule has 6 heteroatoms. The summed E-state index contributed by atoms with van der Waals surface area (Å²) in [6.45, 7) is 1.87. The molecule has 0 aliphatic rings. The van der Waals surface area contributed by atoms with Crippen LogP contribution in [0.3, 0.4) is 0 Å². The Morgan fingerprint density at radius 3 is 2.56 bits per heavy atom. The molecule has 0 saturated heterocycles. The van der Waals surface area contributed by atoms with E-state index in [1.807, 2.05) is 19.1 Å². The van der Waals surface area contributed by atoms with Gasteiger partial charge in [0.15, 0.2) is 0 Å². The predicted molar refractivity (Wildman–Crippen MR) is 99.2 cm³/mol. The Labute approximate surface area is 152 Å². The van der Waals surface area contributed by atoms with Crippen LogP contribution in [0.25, 0.3) is 10.8 Å². The van der Waals surface area contributed by atoms with Crippen molar-refractivity contribution >= 4 is 32.6 Å². The number of carbonyl (C=O) groups excluding carboxylic acids is 1. The van der Waals surface area contributed by atoms with Crippen LogP contribution in [0, 0.1) is 5.82 Å². The SMILES string of the molecule is CC(c1c[nH]c(=O)c2ccccc12)N(C)C(=O)c1ccc(Br)c(F)c1. The van der Waals surface area contributed by atoms with Crippen molar-refractivity contribution in [1.29, 1.82) is 0 Å². The molecule has 0 bridgehead atoms. The Kier molecular flexibility index (Phi) is 4.72. The zero-order chi connectivity index (χ0) is 18.1. The standard InChI is InChI=1S/C19H16BrFN2O2/c1-11(15-10-22-18(24)14-6-4-3-5-13(14)15)23(2)19(25)12-7-8-16(20)17(21)9-12/h3-11H,1-2H3,(H,22,24). The third-order valence-corrected chi connectivity index (χ3v) is 5.00. The fourth-order valence-corrected chi connectivity index (χ4v) is 3.04. The van der Waals surface area contributed by atoms with Crippen LogP contribution < -0.4 is 5.56 Å². The lowest BCUT2D eigenvalue weighted by Gasteiger charge is -2.26. The third-order valence-electron chi connectivity index (χ3n) is 4.36. The molecule has 0 aliphatic heterocycles. The molecule has 3 rings (SSSR count). The summed E-state index contributed by atoms with van der Waals surface area (Å²) in [5.41, 5.74) is 0.919. The Morgan fingerprint density at radius 2 is 1.88 bits per heavy atom. The number of carbonyl (C=O) groups is 1. The van der Waals surface area contributed by atoms with Gasteiger partial charge >= 0.3 is 0 Å². The summed E-state index contributed by atoms with van der Waals surface area (Å²) in [5.74, 6) is -0.782. The highest BCUT2D eigenvalue weighted by Crippen LogP contribution is 2.26. The third kappa shape index (κ3) is 3.22. The number of halogens is 2. The van der Waals surface area contributed by atoms with Gasteiger partial charge in [-0.15, -0.1) is 0 Å². The predicted octanol–water partition coefficient (Wildman–Crippen LogP) is 4.26. The van der Waals surface area contributed by atoms with E-state index in [0.29, 0.717) is 9.86 Å². The summed E-state index contributed by atoms with van der Waals surface area (Å²) < 4.78 is 14.0. The Morgan fingerprint density at radius 1 is 1.20 bits per heavy atom. The maximum absolute atomic E-state index is 13.7. The molecule has 1 heterocycles. The molecule has 1 unspecified atom stereocenters. The van der Waals surface area contributed by atoms with Crippen molar-refractivity contribution in [3.63, 3.8) is 0 Å². The van der Waals surface area contributed by atoms with Crippen LogP contribution in [0.1, 0.15) is 28.9 Å². The van der Waals surface area contributed by atoms with E-state index in [2.05, 4.69) is 20.9 Å². The maximum Gasteiger partial charge on any atom is 0.255 e. The molecular weight excluding hydrogens is 387 g/mol. The highest BCUT2D eigenvalue weighted by molar-refractivity contribution is 9.10. The van der Waals surface area contributed by atoms with E-state index in [1.54, 1.807) is 31.4 Å². The number of hydrogen-bond donors (Lipinski definition) is 1. The van der Waals surface area contributed by atoms with Crippen LogP contribution in [-0.2, 0) is 0 Å². The zero-order valence-electron chi connectivity index (χ0n) is 13.7. The van der Waals surface area contributed by atoms with E-state index in [1.165, 1.54) is 17.0 Å². The van der Waals surface area contributed by atoms with E-state index in [9.17, 15) is 14.0 Å². The van der Waals surface area contributed by atoms with Crippen molar-refractivity contribution in [3.8, 4) is 0 Å². The van der Waals surface area contributed by atoms with Crippen molar-refractivity contribution in [1.82, 2.24) is 9.88 Å². The fourth-order valence-electron chi connectivity index (χ4n) is 2.79. The summed E-state index contributed by atoms with van der Waals surface area (Å²) >= 11 is 3.08. The summed E-state index contributed by atoms with van der Waals surface area (Å²) in [5, 5.41) is 1.36. The van der Waals surface area contributed by atoms with Crippen LogP contribution in [0.4, 0.5) is 4.39 Å².